The summed E-state index contributed by atoms with van der Waals surface area (Å²) >= 11 is 1.95. The number of nitrogens with one attached hydrogen (secondary N) is 2. The van der Waals surface area contributed by atoms with E-state index in [2.05, 4.69) is 10.6 Å². The Kier molecular flexibility index (Phi) is 8.79. The van der Waals surface area contributed by atoms with Crippen molar-refractivity contribution in [2.24, 2.45) is 0 Å². The minimum atomic E-state index is -1.30. The first-order chi connectivity index (χ1) is 18.3. The molecule has 0 saturated carbocycles. The number of hydrogen-bond donors (Lipinski definition) is 3. The maximum Gasteiger partial charge on any atom is 0.325 e. The van der Waals surface area contributed by atoms with Crippen molar-refractivity contribution in [1.29, 1.82) is 0 Å². The van der Waals surface area contributed by atoms with E-state index in [4.69, 9.17) is 14.6 Å². The van der Waals surface area contributed by atoms with Gasteiger partial charge in [0.1, 0.15) is 36.0 Å². The third kappa shape index (κ3) is 6.05. The lowest BCUT2D eigenvalue weighted by molar-refractivity contribution is -0.134. The molecule has 1 aliphatic rings. The highest BCUT2D eigenvalue weighted by atomic mass is 127. The summed E-state index contributed by atoms with van der Waals surface area (Å²) < 4.78 is 25.9. The number of ether oxygens (including phenoxy) is 2. The van der Waals surface area contributed by atoms with Crippen molar-refractivity contribution in [3.63, 3.8) is 0 Å². The zero-order chi connectivity index (χ0) is 27.2. The van der Waals surface area contributed by atoms with Gasteiger partial charge in [0.05, 0.1) is 19.4 Å². The Morgan fingerprint density at radius 3 is 2.58 bits per heavy atom. The Labute approximate surface area is 232 Å². The molecule has 198 valence electrons. The third-order valence-corrected chi connectivity index (χ3v) is 6.62. The van der Waals surface area contributed by atoms with Crippen molar-refractivity contribution >= 4 is 46.1 Å². The summed E-state index contributed by atoms with van der Waals surface area (Å²) in [7, 11) is 1.48. The number of nitrogens with zero attached hydrogens (tertiary/aromatic N) is 1. The molecule has 1 aliphatic heterocycles. The molecule has 0 aromatic heterocycles. The maximum absolute atomic E-state index is 14.5. The summed E-state index contributed by atoms with van der Waals surface area (Å²) in [6, 6.07) is 14.7. The first kappa shape index (κ1) is 27.3. The smallest absolute Gasteiger partial charge is 0.325 e. The van der Waals surface area contributed by atoms with Gasteiger partial charge in [-0.05, 0) is 70.1 Å². The number of rotatable bonds is 10. The zero-order valence-electron chi connectivity index (χ0n) is 20.3. The predicted octanol–water partition coefficient (Wildman–Crippen LogP) is 3.65. The van der Waals surface area contributed by atoms with Crippen LogP contribution in [0.1, 0.15) is 17.2 Å². The molecule has 1 fully saturated rings. The van der Waals surface area contributed by atoms with Gasteiger partial charge in [-0.3, -0.25) is 9.59 Å². The predicted molar refractivity (Wildman–Crippen MR) is 145 cm³/mol. The summed E-state index contributed by atoms with van der Waals surface area (Å²) in [5, 5.41) is 14.1. The van der Waals surface area contributed by atoms with Gasteiger partial charge in [-0.1, -0.05) is 30.3 Å². The van der Waals surface area contributed by atoms with Gasteiger partial charge in [0.15, 0.2) is 0 Å². The number of carbonyl (C=O) groups excluding carboxylic acids is 3. The van der Waals surface area contributed by atoms with Crippen LogP contribution in [0.2, 0.25) is 0 Å². The fraction of sp³-hybridized carbons (Fsp3) is 0.222. The number of imide groups is 1. The third-order valence-electron chi connectivity index (χ3n) is 5.95. The number of amides is 4. The van der Waals surface area contributed by atoms with E-state index in [1.54, 1.807) is 54.6 Å². The van der Waals surface area contributed by atoms with Gasteiger partial charge in [0, 0.05) is 9.99 Å². The Hall–Kier alpha value is -3.71. The van der Waals surface area contributed by atoms with E-state index in [-0.39, 0.29) is 25.3 Å². The van der Waals surface area contributed by atoms with E-state index in [1.807, 2.05) is 22.6 Å². The zero-order valence-corrected chi connectivity index (χ0v) is 22.5. The molecule has 3 aromatic carbocycles. The topological polar surface area (TPSA) is 117 Å². The average Bonchev–Trinajstić information content (AvgIpc) is 3.21. The van der Waals surface area contributed by atoms with Crippen LogP contribution in [-0.2, 0) is 16.0 Å². The first-order valence-electron chi connectivity index (χ1n) is 11.7. The number of hydrogen-bond acceptors (Lipinski definition) is 6. The SMILES string of the molecule is COc1ccccc1C[C@@H](C(=O)Nc1ccc(I)cc1F)N1C(=O)N[C@H](c2ccc(OCCO)cc2)C1=O. The Morgan fingerprint density at radius 1 is 1.16 bits per heavy atom. The molecule has 3 N–H and O–H groups in total. The molecule has 0 unspecified atom stereocenters. The fourth-order valence-corrected chi connectivity index (χ4v) is 4.58. The number of carbonyl (C=O) groups is 3. The van der Waals surface area contributed by atoms with Crippen molar-refractivity contribution in [1.82, 2.24) is 10.2 Å². The van der Waals surface area contributed by atoms with Gasteiger partial charge in [-0.25, -0.2) is 14.1 Å². The second-order valence-electron chi connectivity index (χ2n) is 8.38. The van der Waals surface area contributed by atoms with E-state index < -0.39 is 35.7 Å². The summed E-state index contributed by atoms with van der Waals surface area (Å²) in [6.07, 6.45) is -0.0539. The molecule has 0 spiro atoms. The average molecular weight is 633 g/mol. The van der Waals surface area contributed by atoms with Gasteiger partial charge in [-0.2, -0.15) is 0 Å². The summed E-state index contributed by atoms with van der Waals surface area (Å²) in [6.45, 7) is -0.0250. The van der Waals surface area contributed by atoms with E-state index in [1.165, 1.54) is 19.2 Å². The number of para-hydroxylation sites is 1. The standard InChI is InChI=1S/C27H25FIN3O6/c1-37-23-5-3-2-4-17(23)14-22(25(34)30-21-11-8-18(29)15-20(21)28)32-26(35)24(31-27(32)36)16-6-9-19(10-7-16)38-13-12-33/h2-11,15,22,24,33H,12-14H2,1H3,(H,30,34)(H,31,36)/t22-,24+/m0/s1. The van der Waals surface area contributed by atoms with Gasteiger partial charge < -0.3 is 25.2 Å². The van der Waals surface area contributed by atoms with Crippen LogP contribution in [0.15, 0.2) is 66.7 Å². The van der Waals surface area contributed by atoms with E-state index >= 15 is 0 Å². The van der Waals surface area contributed by atoms with Gasteiger partial charge in [-0.15, -0.1) is 0 Å². The minimum absolute atomic E-state index is 0.0539. The van der Waals surface area contributed by atoms with Crippen LogP contribution in [0.4, 0.5) is 14.9 Å². The lowest BCUT2D eigenvalue weighted by Gasteiger charge is -2.25. The Morgan fingerprint density at radius 2 is 1.89 bits per heavy atom. The van der Waals surface area contributed by atoms with Gasteiger partial charge >= 0.3 is 6.03 Å². The van der Waals surface area contributed by atoms with Crippen LogP contribution in [0.5, 0.6) is 11.5 Å². The largest absolute Gasteiger partial charge is 0.496 e. The molecule has 4 rings (SSSR count). The number of methoxy groups -OCH3 is 1. The normalized spacial score (nSPS) is 15.7. The van der Waals surface area contributed by atoms with Crippen LogP contribution in [-0.4, -0.2) is 54.2 Å². The quantitative estimate of drug-likeness (QED) is 0.232. The van der Waals surface area contributed by atoms with E-state index in [0.29, 0.717) is 26.2 Å². The van der Waals surface area contributed by atoms with Crippen molar-refractivity contribution in [3.8, 4) is 11.5 Å². The van der Waals surface area contributed by atoms with Gasteiger partial charge in [0.2, 0.25) is 5.91 Å². The lowest BCUT2D eigenvalue weighted by Crippen LogP contribution is -2.49. The molecule has 9 nitrogen and oxygen atoms in total. The molecule has 11 heteroatoms. The molecule has 1 saturated heterocycles. The van der Waals surface area contributed by atoms with Crippen LogP contribution < -0.4 is 20.1 Å². The lowest BCUT2D eigenvalue weighted by atomic mass is 10.0. The van der Waals surface area contributed by atoms with Crippen LogP contribution in [0, 0.1) is 9.39 Å². The summed E-state index contributed by atoms with van der Waals surface area (Å²) in [5.74, 6) is -1.03. The molecule has 3 aromatic rings. The molecular weight excluding hydrogens is 608 g/mol. The van der Waals surface area contributed by atoms with Crippen LogP contribution >= 0.6 is 22.6 Å². The molecule has 4 amide bonds. The number of benzene rings is 3. The van der Waals surface area contributed by atoms with Crippen LogP contribution in [0.25, 0.3) is 0 Å². The van der Waals surface area contributed by atoms with Crippen molar-refractivity contribution in [2.75, 3.05) is 25.6 Å². The van der Waals surface area contributed by atoms with Crippen LogP contribution in [0.3, 0.4) is 0 Å². The molecule has 0 aliphatic carbocycles. The monoisotopic (exact) mass is 633 g/mol. The highest BCUT2D eigenvalue weighted by Crippen LogP contribution is 2.29. The van der Waals surface area contributed by atoms with Gasteiger partial charge in [0.25, 0.3) is 5.91 Å². The fourth-order valence-electron chi connectivity index (χ4n) is 4.12. The Balaban J connectivity index is 1.64. The molecule has 2 atom stereocenters. The van der Waals surface area contributed by atoms with E-state index in [9.17, 15) is 18.8 Å². The molecular formula is C27H25FIN3O6. The van der Waals surface area contributed by atoms with Crippen molar-refractivity contribution < 1.29 is 33.4 Å². The van der Waals surface area contributed by atoms with Crippen molar-refractivity contribution in [2.45, 2.75) is 18.5 Å². The number of urea groups is 1. The molecule has 0 bridgehead atoms. The number of aliphatic hydroxyl groups excluding tert-OH is 1. The highest BCUT2D eigenvalue weighted by molar-refractivity contribution is 14.1. The minimum Gasteiger partial charge on any atom is -0.496 e. The first-order valence-corrected chi connectivity index (χ1v) is 12.7. The highest BCUT2D eigenvalue weighted by Gasteiger charge is 2.45. The second-order valence-corrected chi connectivity index (χ2v) is 9.62. The molecule has 1 heterocycles. The summed E-state index contributed by atoms with van der Waals surface area (Å²) in [5.41, 5.74) is 1.01. The number of halogens is 2. The maximum atomic E-state index is 14.5. The second kappa shape index (κ2) is 12.2. The van der Waals surface area contributed by atoms with Crippen molar-refractivity contribution in [3.05, 3.63) is 87.2 Å². The summed E-state index contributed by atoms with van der Waals surface area (Å²) in [4.78, 5) is 41.0. The molecule has 0 radical (unpaired) electrons. The number of anilines is 1. The molecule has 38 heavy (non-hydrogen) atoms. The Bertz CT molecular complexity index is 1340. The van der Waals surface area contributed by atoms with E-state index in [0.717, 1.165) is 4.90 Å². The number of aliphatic hydroxyl groups is 1.